The van der Waals surface area contributed by atoms with Gasteiger partial charge in [0.15, 0.2) is 5.78 Å². The van der Waals surface area contributed by atoms with Crippen molar-refractivity contribution in [1.82, 2.24) is 0 Å². The molecule has 0 atom stereocenters. The number of hydrogen-bond acceptors (Lipinski definition) is 5. The third-order valence-electron chi connectivity index (χ3n) is 4.42. The van der Waals surface area contributed by atoms with Crippen molar-refractivity contribution < 1.29 is 23.8 Å². The molecule has 0 heterocycles. The smallest absolute Gasteiger partial charge is 0.336 e. The molecule has 3 aromatic rings. The lowest BCUT2D eigenvalue weighted by atomic mass is 10.1. The molecular weight excluding hydrogens is 392 g/mol. The zero-order chi connectivity index (χ0) is 22.1. The molecule has 0 N–H and O–H groups in total. The van der Waals surface area contributed by atoms with Crippen LogP contribution < -0.4 is 14.2 Å². The number of benzene rings is 3. The van der Waals surface area contributed by atoms with E-state index in [9.17, 15) is 9.59 Å². The van der Waals surface area contributed by atoms with E-state index in [1.165, 1.54) is 12.2 Å². The predicted molar refractivity (Wildman–Crippen MR) is 120 cm³/mol. The van der Waals surface area contributed by atoms with Crippen LogP contribution in [0.25, 0.3) is 12.2 Å². The SMILES string of the molecule is COc1ccc(/C=C\C(=O)c2ccc(OC(=O)/C=C/c3ccccc3)cc2)c(OC)c1. The van der Waals surface area contributed by atoms with Gasteiger partial charge in [-0.1, -0.05) is 30.3 Å². The van der Waals surface area contributed by atoms with E-state index in [0.717, 1.165) is 11.1 Å². The first-order valence-electron chi connectivity index (χ1n) is 9.58. The first-order valence-corrected chi connectivity index (χ1v) is 9.58. The van der Waals surface area contributed by atoms with E-state index in [1.54, 1.807) is 62.8 Å². The van der Waals surface area contributed by atoms with E-state index in [1.807, 2.05) is 36.4 Å². The van der Waals surface area contributed by atoms with Gasteiger partial charge in [-0.25, -0.2) is 4.79 Å². The van der Waals surface area contributed by atoms with Crippen molar-refractivity contribution in [3.63, 3.8) is 0 Å². The first-order chi connectivity index (χ1) is 15.1. The Morgan fingerprint density at radius 2 is 1.45 bits per heavy atom. The quantitative estimate of drug-likeness (QED) is 0.219. The van der Waals surface area contributed by atoms with E-state index in [0.29, 0.717) is 22.8 Å². The van der Waals surface area contributed by atoms with Crippen LogP contribution in [0.4, 0.5) is 0 Å². The summed E-state index contributed by atoms with van der Waals surface area (Å²) in [7, 11) is 3.14. The van der Waals surface area contributed by atoms with Gasteiger partial charge >= 0.3 is 5.97 Å². The van der Waals surface area contributed by atoms with Crippen LogP contribution in [0.15, 0.2) is 84.9 Å². The first kappa shape index (κ1) is 21.6. The van der Waals surface area contributed by atoms with Crippen LogP contribution in [0.5, 0.6) is 17.2 Å². The minimum atomic E-state index is -0.491. The molecule has 0 saturated carbocycles. The van der Waals surface area contributed by atoms with E-state index < -0.39 is 5.97 Å². The second kappa shape index (κ2) is 10.6. The van der Waals surface area contributed by atoms with Crippen molar-refractivity contribution in [3.8, 4) is 17.2 Å². The summed E-state index contributed by atoms with van der Waals surface area (Å²) in [4.78, 5) is 24.4. The van der Waals surface area contributed by atoms with Crippen molar-refractivity contribution in [2.45, 2.75) is 0 Å². The highest BCUT2D eigenvalue weighted by atomic mass is 16.5. The van der Waals surface area contributed by atoms with Crippen LogP contribution in [0, 0.1) is 0 Å². The Balaban J connectivity index is 1.62. The maximum Gasteiger partial charge on any atom is 0.336 e. The largest absolute Gasteiger partial charge is 0.497 e. The van der Waals surface area contributed by atoms with E-state index in [2.05, 4.69) is 0 Å². The minimum Gasteiger partial charge on any atom is -0.497 e. The maximum atomic E-state index is 12.5. The van der Waals surface area contributed by atoms with Crippen molar-refractivity contribution in [2.24, 2.45) is 0 Å². The number of carbonyl (C=O) groups excluding carboxylic acids is 2. The molecule has 0 amide bonds. The fourth-order valence-electron chi connectivity index (χ4n) is 2.78. The zero-order valence-electron chi connectivity index (χ0n) is 17.3. The number of ketones is 1. The average Bonchev–Trinajstić information content (AvgIpc) is 2.82. The summed E-state index contributed by atoms with van der Waals surface area (Å²) in [6.45, 7) is 0. The number of esters is 1. The normalized spacial score (nSPS) is 10.9. The van der Waals surface area contributed by atoms with Gasteiger partial charge in [0.1, 0.15) is 17.2 Å². The molecule has 0 radical (unpaired) electrons. The third kappa shape index (κ3) is 6.18. The fourth-order valence-corrected chi connectivity index (χ4v) is 2.78. The highest BCUT2D eigenvalue weighted by Crippen LogP contribution is 2.25. The number of allylic oxidation sites excluding steroid dienone is 1. The van der Waals surface area contributed by atoms with E-state index >= 15 is 0 Å². The molecule has 0 bridgehead atoms. The van der Waals surface area contributed by atoms with Gasteiger partial charge in [0.25, 0.3) is 0 Å². The molecule has 3 aromatic carbocycles. The van der Waals surface area contributed by atoms with Crippen molar-refractivity contribution in [3.05, 3.63) is 102 Å². The monoisotopic (exact) mass is 414 g/mol. The number of carbonyl (C=O) groups is 2. The molecule has 0 fully saturated rings. The lowest BCUT2D eigenvalue weighted by Gasteiger charge is -2.07. The molecule has 0 aliphatic rings. The Morgan fingerprint density at radius 3 is 2.13 bits per heavy atom. The molecule has 0 aliphatic heterocycles. The predicted octanol–water partition coefficient (Wildman–Crippen LogP) is 5.22. The van der Waals surface area contributed by atoms with Crippen LogP contribution in [-0.2, 0) is 4.79 Å². The molecule has 0 spiro atoms. The molecule has 5 heteroatoms. The van der Waals surface area contributed by atoms with Gasteiger partial charge in [-0.3, -0.25) is 4.79 Å². The average molecular weight is 414 g/mol. The van der Waals surface area contributed by atoms with Crippen LogP contribution in [-0.4, -0.2) is 26.0 Å². The molecule has 3 rings (SSSR count). The van der Waals surface area contributed by atoms with Crippen molar-refractivity contribution in [1.29, 1.82) is 0 Å². The maximum absolute atomic E-state index is 12.5. The van der Waals surface area contributed by atoms with Gasteiger partial charge in [-0.15, -0.1) is 0 Å². The lowest BCUT2D eigenvalue weighted by Crippen LogP contribution is -2.04. The number of methoxy groups -OCH3 is 2. The summed E-state index contributed by atoms with van der Waals surface area (Å²) in [6, 6.07) is 21.2. The minimum absolute atomic E-state index is 0.181. The highest BCUT2D eigenvalue weighted by Gasteiger charge is 2.06. The van der Waals surface area contributed by atoms with Gasteiger partial charge in [0.05, 0.1) is 14.2 Å². The molecule has 0 aromatic heterocycles. The standard InChI is InChI=1S/C26H22O5/c1-29-23-15-11-21(25(18-23)30-2)12-16-24(27)20-9-13-22(14-10-20)31-26(28)17-8-19-6-4-3-5-7-19/h3-18H,1-2H3/b16-12-,17-8+. The summed E-state index contributed by atoms with van der Waals surface area (Å²) in [5.74, 6) is 0.965. The summed E-state index contributed by atoms with van der Waals surface area (Å²) in [6.07, 6.45) is 6.19. The molecule has 0 saturated heterocycles. The number of rotatable bonds is 8. The molecule has 31 heavy (non-hydrogen) atoms. The van der Waals surface area contributed by atoms with Gasteiger partial charge in [0.2, 0.25) is 0 Å². The molecule has 5 nitrogen and oxygen atoms in total. The van der Waals surface area contributed by atoms with Gasteiger partial charge in [-0.2, -0.15) is 0 Å². The fraction of sp³-hybridized carbons (Fsp3) is 0.0769. The van der Waals surface area contributed by atoms with Crippen molar-refractivity contribution in [2.75, 3.05) is 14.2 Å². The van der Waals surface area contributed by atoms with Gasteiger partial charge in [0, 0.05) is 23.3 Å². The van der Waals surface area contributed by atoms with Crippen molar-refractivity contribution >= 4 is 23.9 Å². The Hall–Kier alpha value is -4.12. The summed E-state index contributed by atoms with van der Waals surface area (Å²) in [5.41, 5.74) is 2.14. The van der Waals surface area contributed by atoms with Crippen LogP contribution in [0.1, 0.15) is 21.5 Å². The lowest BCUT2D eigenvalue weighted by molar-refractivity contribution is -0.128. The Morgan fingerprint density at radius 1 is 0.742 bits per heavy atom. The van der Waals surface area contributed by atoms with Crippen LogP contribution in [0.2, 0.25) is 0 Å². The Bertz CT molecular complexity index is 1100. The zero-order valence-corrected chi connectivity index (χ0v) is 17.3. The topological polar surface area (TPSA) is 61.8 Å². The Kier molecular flexibility index (Phi) is 7.38. The number of ether oxygens (including phenoxy) is 3. The third-order valence-corrected chi connectivity index (χ3v) is 4.42. The summed E-state index contributed by atoms with van der Waals surface area (Å²) < 4.78 is 15.8. The number of hydrogen-bond donors (Lipinski definition) is 0. The molecule has 0 aliphatic carbocycles. The molecule has 0 unspecified atom stereocenters. The highest BCUT2D eigenvalue weighted by molar-refractivity contribution is 6.07. The summed E-state index contributed by atoms with van der Waals surface area (Å²) in [5, 5.41) is 0. The van der Waals surface area contributed by atoms with Crippen LogP contribution in [0.3, 0.4) is 0 Å². The second-order valence-electron chi connectivity index (χ2n) is 6.49. The molecular formula is C26H22O5. The van der Waals surface area contributed by atoms with Gasteiger partial charge < -0.3 is 14.2 Å². The van der Waals surface area contributed by atoms with Gasteiger partial charge in [-0.05, 0) is 60.2 Å². The second-order valence-corrected chi connectivity index (χ2v) is 6.49. The summed E-state index contributed by atoms with van der Waals surface area (Å²) >= 11 is 0. The molecule has 156 valence electrons. The van der Waals surface area contributed by atoms with E-state index in [-0.39, 0.29) is 5.78 Å². The van der Waals surface area contributed by atoms with Crippen LogP contribution >= 0.6 is 0 Å². The Labute approximate surface area is 181 Å². The van der Waals surface area contributed by atoms with E-state index in [4.69, 9.17) is 14.2 Å².